The molecule has 0 fully saturated rings. The van der Waals surface area contributed by atoms with Gasteiger partial charge in [0, 0.05) is 4.88 Å². The molecule has 3 rings (SSSR count). The molecule has 0 spiro atoms. The third kappa shape index (κ3) is 3.01. The first-order valence-corrected chi connectivity index (χ1v) is 8.88. The fourth-order valence-electron chi connectivity index (χ4n) is 2.89. The maximum atomic E-state index is 13.2. The van der Waals surface area contributed by atoms with E-state index in [9.17, 15) is 4.79 Å². The minimum atomic E-state index is 0.0713. The van der Waals surface area contributed by atoms with E-state index in [4.69, 9.17) is 4.98 Å². The van der Waals surface area contributed by atoms with Crippen molar-refractivity contribution < 1.29 is 0 Å². The zero-order valence-corrected chi connectivity index (χ0v) is 15.7. The largest absolute Gasteiger partial charge is 0.302 e. The minimum absolute atomic E-state index is 0.0713. The molecule has 24 heavy (non-hydrogen) atoms. The quantitative estimate of drug-likeness (QED) is 0.729. The Kier molecular flexibility index (Phi) is 4.56. The number of rotatable bonds is 4. The van der Waals surface area contributed by atoms with Crippen LogP contribution >= 0.6 is 11.3 Å². The van der Waals surface area contributed by atoms with Gasteiger partial charge in [-0.2, -0.15) is 0 Å². The lowest BCUT2D eigenvalue weighted by molar-refractivity contribution is 0.379. The molecular formula is C19H23N3OS. The van der Waals surface area contributed by atoms with Gasteiger partial charge in [-0.3, -0.25) is 9.36 Å². The lowest BCUT2D eigenvalue weighted by atomic mass is 10.1. The summed E-state index contributed by atoms with van der Waals surface area (Å²) in [4.78, 5) is 22.1. The van der Waals surface area contributed by atoms with Gasteiger partial charge in [-0.15, -0.1) is 11.3 Å². The maximum absolute atomic E-state index is 13.2. The van der Waals surface area contributed by atoms with Gasteiger partial charge in [-0.1, -0.05) is 24.3 Å². The van der Waals surface area contributed by atoms with Gasteiger partial charge in [0.15, 0.2) is 0 Å². The number of fused-ring (bicyclic) bond motifs is 1. The van der Waals surface area contributed by atoms with Crippen molar-refractivity contribution in [1.82, 2.24) is 14.5 Å². The highest BCUT2D eigenvalue weighted by Gasteiger charge is 2.17. The molecule has 5 heteroatoms. The van der Waals surface area contributed by atoms with Crippen molar-refractivity contribution in [1.29, 1.82) is 0 Å². The Hall–Kier alpha value is -1.98. The number of aromatic nitrogens is 2. The van der Waals surface area contributed by atoms with Crippen LogP contribution in [0.2, 0.25) is 0 Å². The maximum Gasteiger partial charge on any atom is 0.262 e. The van der Waals surface area contributed by atoms with E-state index in [1.807, 2.05) is 37.7 Å². The molecule has 2 heterocycles. The molecule has 0 aliphatic heterocycles. The molecule has 0 saturated carbocycles. The number of aryl methyl sites for hydroxylation is 3. The second-order valence-electron chi connectivity index (χ2n) is 6.55. The number of thiophene rings is 1. The highest BCUT2D eigenvalue weighted by Crippen LogP contribution is 2.26. The normalized spacial score (nSPS) is 11.6. The Labute approximate surface area is 146 Å². The first-order valence-electron chi connectivity index (χ1n) is 8.07. The van der Waals surface area contributed by atoms with E-state index in [0.717, 1.165) is 27.2 Å². The molecule has 0 N–H and O–H groups in total. The van der Waals surface area contributed by atoms with Crippen LogP contribution in [0.3, 0.4) is 0 Å². The monoisotopic (exact) mass is 341 g/mol. The molecule has 0 aliphatic rings. The van der Waals surface area contributed by atoms with Gasteiger partial charge in [0.25, 0.3) is 5.56 Å². The van der Waals surface area contributed by atoms with E-state index in [-0.39, 0.29) is 5.56 Å². The number of nitrogens with zero attached hydrogens (tertiary/aromatic N) is 3. The number of hydrogen-bond acceptors (Lipinski definition) is 4. The zero-order chi connectivity index (χ0) is 17.4. The second kappa shape index (κ2) is 6.49. The summed E-state index contributed by atoms with van der Waals surface area (Å²) in [6.45, 7) is 7.36. The van der Waals surface area contributed by atoms with E-state index < -0.39 is 0 Å². The van der Waals surface area contributed by atoms with E-state index in [1.54, 1.807) is 11.3 Å². The molecule has 126 valence electrons. The van der Waals surface area contributed by atoms with Crippen molar-refractivity contribution in [3.8, 4) is 0 Å². The first kappa shape index (κ1) is 16.9. The smallest absolute Gasteiger partial charge is 0.262 e. The van der Waals surface area contributed by atoms with Gasteiger partial charge >= 0.3 is 0 Å². The molecule has 0 bridgehead atoms. The summed E-state index contributed by atoms with van der Waals surface area (Å²) in [6, 6.07) is 8.20. The summed E-state index contributed by atoms with van der Waals surface area (Å²) < 4.78 is 1.84. The van der Waals surface area contributed by atoms with Gasteiger partial charge in [-0.05, 0) is 51.6 Å². The van der Waals surface area contributed by atoms with Gasteiger partial charge in [0.2, 0.25) is 0 Å². The van der Waals surface area contributed by atoms with Gasteiger partial charge in [0.05, 0.1) is 18.5 Å². The molecule has 0 unspecified atom stereocenters. The van der Waals surface area contributed by atoms with Crippen LogP contribution in [-0.2, 0) is 13.1 Å². The molecule has 0 saturated heterocycles. The van der Waals surface area contributed by atoms with Crippen molar-refractivity contribution >= 4 is 21.6 Å². The standard InChI is InChI=1S/C19H23N3OS/c1-12-8-6-7-9-15(12)10-22-16(11-21(4)5)20-18-17(19(22)23)13(2)14(3)24-18/h6-9H,10-11H2,1-5H3. The van der Waals surface area contributed by atoms with Gasteiger partial charge < -0.3 is 4.90 Å². The summed E-state index contributed by atoms with van der Waals surface area (Å²) in [5, 5.41) is 0.772. The molecular weight excluding hydrogens is 318 g/mol. The van der Waals surface area contributed by atoms with Crippen LogP contribution in [0.5, 0.6) is 0 Å². The molecule has 2 aromatic heterocycles. The van der Waals surface area contributed by atoms with Crippen LogP contribution in [0.4, 0.5) is 0 Å². The fraction of sp³-hybridized carbons (Fsp3) is 0.368. The highest BCUT2D eigenvalue weighted by molar-refractivity contribution is 7.18. The molecule has 0 amide bonds. The van der Waals surface area contributed by atoms with E-state index in [0.29, 0.717) is 13.1 Å². The van der Waals surface area contributed by atoms with Crippen LogP contribution in [0, 0.1) is 20.8 Å². The van der Waals surface area contributed by atoms with Crippen LogP contribution < -0.4 is 5.56 Å². The first-order chi connectivity index (χ1) is 11.4. The third-order valence-corrected chi connectivity index (χ3v) is 5.52. The summed E-state index contributed by atoms with van der Waals surface area (Å²) in [7, 11) is 4.00. The highest BCUT2D eigenvalue weighted by atomic mass is 32.1. The topological polar surface area (TPSA) is 38.1 Å². The molecule has 3 aromatic rings. The fourth-order valence-corrected chi connectivity index (χ4v) is 3.93. The Balaban J connectivity index is 2.23. The van der Waals surface area contributed by atoms with Crippen LogP contribution in [0.1, 0.15) is 27.4 Å². The minimum Gasteiger partial charge on any atom is -0.302 e. The van der Waals surface area contributed by atoms with Crippen molar-refractivity contribution in [2.45, 2.75) is 33.9 Å². The summed E-state index contributed by atoms with van der Waals surface area (Å²) in [5.74, 6) is 0.821. The summed E-state index contributed by atoms with van der Waals surface area (Å²) >= 11 is 1.61. The third-order valence-electron chi connectivity index (χ3n) is 4.42. The molecule has 1 aromatic carbocycles. The van der Waals surface area contributed by atoms with Gasteiger partial charge in [0.1, 0.15) is 10.7 Å². The van der Waals surface area contributed by atoms with Crippen LogP contribution in [0.25, 0.3) is 10.2 Å². The predicted molar refractivity (Wildman–Crippen MR) is 101 cm³/mol. The number of benzene rings is 1. The average molecular weight is 341 g/mol. The van der Waals surface area contributed by atoms with Crippen molar-refractivity contribution in [2.75, 3.05) is 14.1 Å². The Bertz CT molecular complexity index is 953. The zero-order valence-electron chi connectivity index (χ0n) is 14.9. The van der Waals surface area contributed by atoms with Crippen molar-refractivity contribution in [2.24, 2.45) is 0 Å². The lowest BCUT2D eigenvalue weighted by Gasteiger charge is -2.17. The summed E-state index contributed by atoms with van der Waals surface area (Å²) in [5.41, 5.74) is 3.48. The lowest BCUT2D eigenvalue weighted by Crippen LogP contribution is -2.29. The van der Waals surface area contributed by atoms with E-state index in [1.165, 1.54) is 10.4 Å². The predicted octanol–water partition coefficient (Wildman–Crippen LogP) is 3.49. The van der Waals surface area contributed by atoms with Crippen molar-refractivity contribution in [3.05, 3.63) is 62.0 Å². The van der Waals surface area contributed by atoms with E-state index >= 15 is 0 Å². The SMILES string of the molecule is Cc1ccccc1Cn1c(CN(C)C)nc2sc(C)c(C)c2c1=O. The van der Waals surface area contributed by atoms with Crippen LogP contribution in [0.15, 0.2) is 29.1 Å². The molecule has 0 aliphatic carbocycles. The van der Waals surface area contributed by atoms with E-state index in [2.05, 4.69) is 30.9 Å². The Morgan fingerprint density at radius 2 is 1.88 bits per heavy atom. The van der Waals surface area contributed by atoms with Crippen molar-refractivity contribution in [3.63, 3.8) is 0 Å². The molecule has 0 atom stereocenters. The average Bonchev–Trinajstić information content (AvgIpc) is 2.79. The Morgan fingerprint density at radius 3 is 2.54 bits per heavy atom. The summed E-state index contributed by atoms with van der Waals surface area (Å²) in [6.07, 6.45) is 0. The Morgan fingerprint density at radius 1 is 1.17 bits per heavy atom. The molecule has 0 radical (unpaired) electrons. The second-order valence-corrected chi connectivity index (χ2v) is 7.75. The van der Waals surface area contributed by atoms with Gasteiger partial charge in [-0.25, -0.2) is 4.98 Å². The molecule has 4 nitrogen and oxygen atoms in total. The number of hydrogen-bond donors (Lipinski definition) is 0. The van der Waals surface area contributed by atoms with Crippen LogP contribution in [-0.4, -0.2) is 28.5 Å².